The molecule has 0 amide bonds. The van der Waals surface area contributed by atoms with Crippen LogP contribution in [0.2, 0.25) is 0 Å². The van der Waals surface area contributed by atoms with Crippen LogP contribution in [-0.2, 0) is 19.6 Å². The monoisotopic (exact) mass is 261 g/mol. The van der Waals surface area contributed by atoms with Crippen LogP contribution < -0.4 is 0 Å². The maximum Gasteiger partial charge on any atom is 0.123 e. The SMILES string of the molecule is CCn1ncc(CN(C)Cc2cccc(F)c2)c1C. The molecule has 0 aliphatic rings. The Balaban J connectivity index is 2.01. The average molecular weight is 261 g/mol. The summed E-state index contributed by atoms with van der Waals surface area (Å²) in [5, 5.41) is 4.34. The normalized spacial score (nSPS) is 11.2. The number of aryl methyl sites for hydroxylation is 1. The minimum Gasteiger partial charge on any atom is -0.298 e. The van der Waals surface area contributed by atoms with Gasteiger partial charge in [-0.2, -0.15) is 5.10 Å². The maximum atomic E-state index is 13.1. The molecular weight excluding hydrogens is 241 g/mol. The molecule has 0 atom stereocenters. The van der Waals surface area contributed by atoms with Gasteiger partial charge in [-0.1, -0.05) is 12.1 Å². The van der Waals surface area contributed by atoms with Crippen LogP contribution in [-0.4, -0.2) is 21.7 Å². The summed E-state index contributed by atoms with van der Waals surface area (Å²) in [4.78, 5) is 2.17. The summed E-state index contributed by atoms with van der Waals surface area (Å²) in [6.45, 7) is 6.61. The van der Waals surface area contributed by atoms with Gasteiger partial charge in [-0.15, -0.1) is 0 Å². The van der Waals surface area contributed by atoms with Crippen molar-refractivity contribution in [3.63, 3.8) is 0 Å². The lowest BCUT2D eigenvalue weighted by molar-refractivity contribution is 0.317. The van der Waals surface area contributed by atoms with Crippen molar-refractivity contribution >= 4 is 0 Å². The quantitative estimate of drug-likeness (QED) is 0.825. The van der Waals surface area contributed by atoms with Crippen molar-refractivity contribution in [3.05, 3.63) is 53.1 Å². The van der Waals surface area contributed by atoms with Gasteiger partial charge in [0.15, 0.2) is 0 Å². The first-order valence-electron chi connectivity index (χ1n) is 6.54. The first kappa shape index (κ1) is 13.7. The molecule has 3 nitrogen and oxygen atoms in total. The zero-order chi connectivity index (χ0) is 13.8. The molecule has 1 heterocycles. The Morgan fingerprint density at radius 1 is 1.32 bits per heavy atom. The fourth-order valence-electron chi connectivity index (χ4n) is 2.25. The van der Waals surface area contributed by atoms with Gasteiger partial charge in [0.25, 0.3) is 0 Å². The second-order valence-electron chi connectivity index (χ2n) is 4.87. The van der Waals surface area contributed by atoms with E-state index in [1.807, 2.05) is 24.0 Å². The number of rotatable bonds is 5. The number of halogens is 1. The number of aromatic nitrogens is 2. The number of nitrogens with zero attached hydrogens (tertiary/aromatic N) is 3. The molecule has 4 heteroatoms. The van der Waals surface area contributed by atoms with E-state index in [9.17, 15) is 4.39 Å². The van der Waals surface area contributed by atoms with Crippen molar-refractivity contribution in [1.82, 2.24) is 14.7 Å². The maximum absolute atomic E-state index is 13.1. The number of hydrogen-bond donors (Lipinski definition) is 0. The zero-order valence-corrected chi connectivity index (χ0v) is 11.7. The summed E-state index contributed by atoms with van der Waals surface area (Å²) in [6.07, 6.45) is 1.92. The third kappa shape index (κ3) is 3.41. The highest BCUT2D eigenvalue weighted by molar-refractivity contribution is 5.18. The second-order valence-corrected chi connectivity index (χ2v) is 4.87. The van der Waals surface area contributed by atoms with Crippen molar-refractivity contribution in [3.8, 4) is 0 Å². The van der Waals surface area contributed by atoms with Gasteiger partial charge in [-0.05, 0) is 38.6 Å². The molecule has 0 spiro atoms. The predicted octanol–water partition coefficient (Wildman–Crippen LogP) is 2.98. The minimum absolute atomic E-state index is 0.180. The van der Waals surface area contributed by atoms with Gasteiger partial charge >= 0.3 is 0 Å². The highest BCUT2D eigenvalue weighted by Crippen LogP contribution is 2.12. The molecule has 0 bridgehead atoms. The first-order chi connectivity index (χ1) is 9.10. The van der Waals surface area contributed by atoms with Crippen LogP contribution in [0.5, 0.6) is 0 Å². The topological polar surface area (TPSA) is 21.1 Å². The van der Waals surface area contributed by atoms with Gasteiger partial charge in [-0.25, -0.2) is 4.39 Å². The summed E-state index contributed by atoms with van der Waals surface area (Å²) in [5.41, 5.74) is 3.41. The van der Waals surface area contributed by atoms with Crippen LogP contribution in [0.3, 0.4) is 0 Å². The van der Waals surface area contributed by atoms with E-state index in [0.29, 0.717) is 0 Å². The Kier molecular flexibility index (Phi) is 4.32. The van der Waals surface area contributed by atoms with E-state index in [1.54, 1.807) is 12.1 Å². The molecule has 0 N–H and O–H groups in total. The van der Waals surface area contributed by atoms with E-state index in [-0.39, 0.29) is 5.82 Å². The molecule has 2 aromatic rings. The predicted molar refractivity (Wildman–Crippen MR) is 74.2 cm³/mol. The molecule has 0 fully saturated rings. The average Bonchev–Trinajstić information content (AvgIpc) is 2.70. The molecule has 0 aliphatic heterocycles. The highest BCUT2D eigenvalue weighted by Gasteiger charge is 2.08. The Hall–Kier alpha value is -1.68. The van der Waals surface area contributed by atoms with E-state index in [0.717, 1.165) is 25.2 Å². The highest BCUT2D eigenvalue weighted by atomic mass is 19.1. The van der Waals surface area contributed by atoms with Crippen LogP contribution in [0.4, 0.5) is 4.39 Å². The minimum atomic E-state index is -0.180. The summed E-state index contributed by atoms with van der Waals surface area (Å²) in [6, 6.07) is 6.75. The molecule has 19 heavy (non-hydrogen) atoms. The molecule has 1 aromatic carbocycles. The number of benzene rings is 1. The summed E-state index contributed by atoms with van der Waals surface area (Å²) >= 11 is 0. The standard InChI is InChI=1S/C15H20FN3/c1-4-19-12(2)14(9-17-19)11-18(3)10-13-6-5-7-15(16)8-13/h5-9H,4,10-11H2,1-3H3. The summed E-state index contributed by atoms with van der Waals surface area (Å²) in [5.74, 6) is -0.180. The fraction of sp³-hybridized carbons (Fsp3) is 0.400. The molecule has 2 rings (SSSR count). The molecule has 0 unspecified atom stereocenters. The lowest BCUT2D eigenvalue weighted by atomic mass is 10.2. The van der Waals surface area contributed by atoms with E-state index in [1.165, 1.54) is 17.3 Å². The number of hydrogen-bond acceptors (Lipinski definition) is 2. The van der Waals surface area contributed by atoms with Crippen LogP contribution in [0.15, 0.2) is 30.5 Å². The van der Waals surface area contributed by atoms with Gasteiger partial charge in [0.2, 0.25) is 0 Å². The third-order valence-electron chi connectivity index (χ3n) is 3.29. The van der Waals surface area contributed by atoms with Gasteiger partial charge in [0, 0.05) is 30.9 Å². The Labute approximate surface area is 113 Å². The van der Waals surface area contributed by atoms with Crippen molar-refractivity contribution in [2.24, 2.45) is 0 Å². The van der Waals surface area contributed by atoms with Crippen molar-refractivity contribution in [2.45, 2.75) is 33.5 Å². The van der Waals surface area contributed by atoms with E-state index < -0.39 is 0 Å². The molecular formula is C15H20FN3. The van der Waals surface area contributed by atoms with E-state index in [2.05, 4.69) is 23.8 Å². The summed E-state index contributed by atoms with van der Waals surface area (Å²) < 4.78 is 15.1. The Bertz CT molecular complexity index is 548. The molecule has 102 valence electrons. The van der Waals surface area contributed by atoms with Gasteiger partial charge < -0.3 is 0 Å². The lowest BCUT2D eigenvalue weighted by Crippen LogP contribution is -2.17. The van der Waals surface area contributed by atoms with Crippen LogP contribution in [0.1, 0.15) is 23.7 Å². The largest absolute Gasteiger partial charge is 0.298 e. The van der Waals surface area contributed by atoms with Crippen LogP contribution in [0, 0.1) is 12.7 Å². The van der Waals surface area contributed by atoms with Gasteiger partial charge in [-0.3, -0.25) is 9.58 Å². The molecule has 0 aliphatic carbocycles. The third-order valence-corrected chi connectivity index (χ3v) is 3.29. The molecule has 1 aromatic heterocycles. The van der Waals surface area contributed by atoms with E-state index in [4.69, 9.17) is 0 Å². The molecule has 0 saturated heterocycles. The lowest BCUT2D eigenvalue weighted by Gasteiger charge is -2.16. The van der Waals surface area contributed by atoms with Gasteiger partial charge in [0.05, 0.1) is 6.20 Å². The summed E-state index contributed by atoms with van der Waals surface area (Å²) in [7, 11) is 2.04. The van der Waals surface area contributed by atoms with Crippen LogP contribution in [0.25, 0.3) is 0 Å². The van der Waals surface area contributed by atoms with Crippen molar-refractivity contribution < 1.29 is 4.39 Å². The Morgan fingerprint density at radius 3 is 2.74 bits per heavy atom. The van der Waals surface area contributed by atoms with Crippen molar-refractivity contribution in [2.75, 3.05) is 7.05 Å². The van der Waals surface area contributed by atoms with Gasteiger partial charge in [0.1, 0.15) is 5.82 Å². The molecule has 0 saturated carbocycles. The smallest absolute Gasteiger partial charge is 0.123 e. The second kappa shape index (κ2) is 5.97. The fourth-order valence-corrected chi connectivity index (χ4v) is 2.25. The van der Waals surface area contributed by atoms with E-state index >= 15 is 0 Å². The zero-order valence-electron chi connectivity index (χ0n) is 11.7. The first-order valence-corrected chi connectivity index (χ1v) is 6.54. The van der Waals surface area contributed by atoms with Crippen LogP contribution >= 0.6 is 0 Å². The molecule has 0 radical (unpaired) electrons. The Morgan fingerprint density at radius 2 is 2.11 bits per heavy atom. The van der Waals surface area contributed by atoms with Crippen molar-refractivity contribution in [1.29, 1.82) is 0 Å².